The van der Waals surface area contributed by atoms with Gasteiger partial charge in [-0.3, -0.25) is 0 Å². The largest absolute Gasteiger partial charge is 0.0837 e. The van der Waals surface area contributed by atoms with Gasteiger partial charge in [0, 0.05) is 14.0 Å². The average molecular weight is 458 g/mol. The molecule has 0 bridgehead atoms. The predicted molar refractivity (Wildman–Crippen MR) is 98.9 cm³/mol. The van der Waals surface area contributed by atoms with Gasteiger partial charge in [0.2, 0.25) is 0 Å². The Labute approximate surface area is 145 Å². The van der Waals surface area contributed by atoms with Gasteiger partial charge in [-0.1, -0.05) is 70.0 Å². The molecule has 0 amide bonds. The average Bonchev–Trinajstić information content (AvgIpc) is 2.48. The predicted octanol–water partition coefficient (Wildman–Crippen LogP) is 6.58. The second-order valence-corrected chi connectivity index (χ2v) is 7.16. The highest BCUT2D eigenvalue weighted by Gasteiger charge is 2.14. The lowest BCUT2D eigenvalue weighted by molar-refractivity contribution is 1.20. The van der Waals surface area contributed by atoms with Crippen LogP contribution >= 0.6 is 50.1 Å². The number of rotatable bonds is 2. The van der Waals surface area contributed by atoms with Crippen molar-refractivity contribution in [2.24, 2.45) is 0 Å². The van der Waals surface area contributed by atoms with E-state index in [9.17, 15) is 0 Å². The molecular formula is C17H11BrClI. The summed E-state index contributed by atoms with van der Waals surface area (Å²) >= 11 is 12.4. The van der Waals surface area contributed by atoms with Gasteiger partial charge in [0.25, 0.3) is 0 Å². The highest BCUT2D eigenvalue weighted by Crippen LogP contribution is 2.37. The summed E-state index contributed by atoms with van der Waals surface area (Å²) in [7, 11) is 0. The third kappa shape index (κ3) is 2.74. The maximum atomic E-state index is 6.28. The van der Waals surface area contributed by atoms with Gasteiger partial charge in [-0.05, 0) is 57.3 Å². The summed E-state index contributed by atoms with van der Waals surface area (Å²) < 4.78 is 1.24. The van der Waals surface area contributed by atoms with E-state index in [0.29, 0.717) is 0 Å². The SMILES string of the molecule is Clc1ccc(C(Br)c2ccc(I)cc2)c2ccccc12. The van der Waals surface area contributed by atoms with Crippen LogP contribution in [0.2, 0.25) is 5.02 Å². The summed E-state index contributed by atoms with van der Waals surface area (Å²) in [5.41, 5.74) is 2.49. The molecule has 0 saturated heterocycles. The maximum absolute atomic E-state index is 6.28. The molecule has 0 saturated carbocycles. The minimum atomic E-state index is 0.168. The molecule has 1 unspecified atom stereocenters. The van der Waals surface area contributed by atoms with Gasteiger partial charge in [0.1, 0.15) is 0 Å². The summed E-state index contributed by atoms with van der Waals surface area (Å²) in [6.07, 6.45) is 0. The maximum Gasteiger partial charge on any atom is 0.0650 e. The van der Waals surface area contributed by atoms with Crippen LogP contribution in [0.15, 0.2) is 60.7 Å². The van der Waals surface area contributed by atoms with Crippen molar-refractivity contribution in [1.82, 2.24) is 0 Å². The lowest BCUT2D eigenvalue weighted by Gasteiger charge is -2.14. The van der Waals surface area contributed by atoms with E-state index < -0.39 is 0 Å². The van der Waals surface area contributed by atoms with Gasteiger partial charge in [0.15, 0.2) is 0 Å². The van der Waals surface area contributed by atoms with Crippen LogP contribution < -0.4 is 0 Å². The Kier molecular flexibility index (Phi) is 4.34. The smallest absolute Gasteiger partial charge is 0.0650 e. The monoisotopic (exact) mass is 456 g/mol. The summed E-state index contributed by atoms with van der Waals surface area (Å²) in [6, 6.07) is 20.9. The van der Waals surface area contributed by atoms with Crippen molar-refractivity contribution in [1.29, 1.82) is 0 Å². The van der Waals surface area contributed by atoms with Crippen molar-refractivity contribution >= 4 is 60.9 Å². The second-order valence-electron chi connectivity index (χ2n) is 4.60. The van der Waals surface area contributed by atoms with Crippen LogP contribution in [0.3, 0.4) is 0 Å². The van der Waals surface area contributed by atoms with Crippen LogP contribution in [-0.2, 0) is 0 Å². The number of hydrogen-bond donors (Lipinski definition) is 0. The van der Waals surface area contributed by atoms with E-state index in [1.165, 1.54) is 20.1 Å². The van der Waals surface area contributed by atoms with E-state index >= 15 is 0 Å². The minimum Gasteiger partial charge on any atom is -0.0837 e. The molecular weight excluding hydrogens is 446 g/mol. The quantitative estimate of drug-likeness (QED) is 0.301. The van der Waals surface area contributed by atoms with Crippen LogP contribution in [0.1, 0.15) is 16.0 Å². The van der Waals surface area contributed by atoms with Gasteiger partial charge < -0.3 is 0 Å². The van der Waals surface area contributed by atoms with Crippen LogP contribution in [0.25, 0.3) is 10.8 Å². The molecule has 0 fully saturated rings. The number of benzene rings is 3. The highest BCUT2D eigenvalue weighted by molar-refractivity contribution is 14.1. The summed E-state index contributed by atoms with van der Waals surface area (Å²) in [5.74, 6) is 0. The van der Waals surface area contributed by atoms with E-state index in [1.807, 2.05) is 12.1 Å². The molecule has 0 spiro atoms. The molecule has 0 aromatic heterocycles. The third-order valence-electron chi connectivity index (χ3n) is 3.34. The van der Waals surface area contributed by atoms with Crippen LogP contribution in [0.4, 0.5) is 0 Å². The molecule has 0 aliphatic carbocycles. The van der Waals surface area contributed by atoms with Gasteiger partial charge in [0.05, 0.1) is 4.83 Å². The van der Waals surface area contributed by atoms with E-state index in [4.69, 9.17) is 11.6 Å². The molecule has 3 heteroatoms. The third-order valence-corrected chi connectivity index (χ3v) is 5.41. The molecule has 0 nitrogen and oxygen atoms in total. The summed E-state index contributed by atoms with van der Waals surface area (Å²) in [5, 5.41) is 3.09. The molecule has 3 aromatic rings. The number of hydrogen-bond acceptors (Lipinski definition) is 0. The van der Waals surface area contributed by atoms with Gasteiger partial charge in [-0.2, -0.15) is 0 Å². The zero-order valence-electron chi connectivity index (χ0n) is 10.5. The zero-order chi connectivity index (χ0) is 14.1. The molecule has 100 valence electrons. The summed E-state index contributed by atoms with van der Waals surface area (Å²) in [4.78, 5) is 0.168. The normalized spacial score (nSPS) is 12.6. The van der Waals surface area contributed by atoms with E-state index in [2.05, 4.69) is 87.1 Å². The Bertz CT molecular complexity index is 753. The fraction of sp³-hybridized carbons (Fsp3) is 0.0588. The molecule has 20 heavy (non-hydrogen) atoms. The first-order chi connectivity index (χ1) is 9.66. The second kappa shape index (κ2) is 6.04. The highest BCUT2D eigenvalue weighted by atomic mass is 127. The van der Waals surface area contributed by atoms with Gasteiger partial charge >= 0.3 is 0 Å². The molecule has 0 N–H and O–H groups in total. The first-order valence-corrected chi connectivity index (χ1v) is 8.61. The number of fused-ring (bicyclic) bond motifs is 1. The fourth-order valence-electron chi connectivity index (χ4n) is 2.32. The van der Waals surface area contributed by atoms with Gasteiger partial charge in [-0.25, -0.2) is 0 Å². The van der Waals surface area contributed by atoms with Crippen LogP contribution in [0.5, 0.6) is 0 Å². The molecule has 3 rings (SSSR count). The molecule has 3 aromatic carbocycles. The van der Waals surface area contributed by atoms with Crippen molar-refractivity contribution < 1.29 is 0 Å². The fourth-order valence-corrected chi connectivity index (χ4v) is 3.61. The number of alkyl halides is 1. The van der Waals surface area contributed by atoms with Crippen molar-refractivity contribution in [3.8, 4) is 0 Å². The van der Waals surface area contributed by atoms with E-state index in [0.717, 1.165) is 10.4 Å². The molecule has 0 aliphatic heterocycles. The standard InChI is InChI=1S/C17H11BrClI/c18-17(11-5-7-12(20)8-6-11)15-9-10-16(19)14-4-2-1-3-13(14)15/h1-10,17H. The van der Waals surface area contributed by atoms with Crippen LogP contribution in [0, 0.1) is 3.57 Å². The Morgan fingerprint density at radius 3 is 2.20 bits per heavy atom. The van der Waals surface area contributed by atoms with Crippen molar-refractivity contribution in [3.05, 3.63) is 80.4 Å². The first kappa shape index (κ1) is 14.4. The Morgan fingerprint density at radius 2 is 1.50 bits per heavy atom. The molecule has 0 heterocycles. The lowest BCUT2D eigenvalue weighted by Crippen LogP contribution is -1.94. The molecule has 1 atom stereocenters. The van der Waals surface area contributed by atoms with Gasteiger partial charge in [-0.15, -0.1) is 0 Å². The molecule has 0 radical (unpaired) electrons. The Balaban J connectivity index is 2.14. The van der Waals surface area contributed by atoms with E-state index in [1.54, 1.807) is 0 Å². The zero-order valence-corrected chi connectivity index (χ0v) is 15.0. The lowest BCUT2D eigenvalue weighted by atomic mass is 9.98. The topological polar surface area (TPSA) is 0 Å². The van der Waals surface area contributed by atoms with Crippen molar-refractivity contribution in [2.75, 3.05) is 0 Å². The first-order valence-electron chi connectivity index (χ1n) is 6.23. The van der Waals surface area contributed by atoms with Crippen LogP contribution in [-0.4, -0.2) is 0 Å². The van der Waals surface area contributed by atoms with Crippen molar-refractivity contribution in [2.45, 2.75) is 4.83 Å². The molecule has 0 aliphatic rings. The summed E-state index contributed by atoms with van der Waals surface area (Å²) in [6.45, 7) is 0. The number of halogens is 3. The Morgan fingerprint density at radius 1 is 0.850 bits per heavy atom. The minimum absolute atomic E-state index is 0.168. The van der Waals surface area contributed by atoms with Crippen molar-refractivity contribution in [3.63, 3.8) is 0 Å². The van der Waals surface area contributed by atoms with E-state index in [-0.39, 0.29) is 4.83 Å². The Hall–Kier alpha value is -0.580.